The molecule has 0 radical (unpaired) electrons. The topological polar surface area (TPSA) is 54.5 Å². The average molecular weight is 584 g/mol. The van der Waals surface area contributed by atoms with Gasteiger partial charge in [-0.1, -0.05) is 67.6 Å². The second-order valence-electron chi connectivity index (χ2n) is 12.3. The summed E-state index contributed by atoms with van der Waals surface area (Å²) >= 11 is 1.43. The predicted molar refractivity (Wildman–Crippen MR) is 169 cm³/mol. The number of hydrogen-bond acceptors (Lipinski definition) is 5. The van der Waals surface area contributed by atoms with Gasteiger partial charge in [0.05, 0.1) is 4.88 Å². The third-order valence-electron chi connectivity index (χ3n) is 8.67. The summed E-state index contributed by atoms with van der Waals surface area (Å²) in [5.74, 6) is -0.473. The molecule has 5 nitrogen and oxygen atoms in total. The van der Waals surface area contributed by atoms with Gasteiger partial charge in [-0.15, -0.1) is 0 Å². The lowest BCUT2D eigenvalue weighted by atomic mass is 9.71. The smallest absolute Gasteiger partial charge is 0.257 e. The average Bonchev–Trinajstić information content (AvgIpc) is 3.70. The Labute approximate surface area is 251 Å². The molecule has 2 heterocycles. The molecular formula is C35H38FN3O2S. The predicted octanol–water partition coefficient (Wildman–Crippen LogP) is 9.06. The number of anilines is 2. The first kappa shape index (κ1) is 28.4. The lowest BCUT2D eigenvalue weighted by molar-refractivity contribution is 0.102. The van der Waals surface area contributed by atoms with Crippen LogP contribution in [0.1, 0.15) is 79.8 Å². The lowest BCUT2D eigenvalue weighted by Crippen LogP contribution is -2.21. The summed E-state index contributed by atoms with van der Waals surface area (Å²) in [6.45, 7) is 7.01. The Morgan fingerprint density at radius 2 is 1.81 bits per heavy atom. The van der Waals surface area contributed by atoms with Crippen LogP contribution in [-0.2, 0) is 6.61 Å². The van der Waals surface area contributed by atoms with E-state index in [1.54, 1.807) is 6.20 Å². The van der Waals surface area contributed by atoms with Crippen molar-refractivity contribution in [2.24, 2.45) is 5.41 Å². The summed E-state index contributed by atoms with van der Waals surface area (Å²) in [5.41, 5.74) is 4.60. The number of amides is 1. The van der Waals surface area contributed by atoms with Crippen molar-refractivity contribution in [2.45, 2.75) is 64.9 Å². The number of benzene rings is 3. The van der Waals surface area contributed by atoms with Crippen LogP contribution >= 0.6 is 11.3 Å². The number of nitrogens with one attached hydrogen (secondary N) is 1. The SMILES string of the molecule is CC1(C)CCC(c2cc(C(=O)Nc3ncc(-c4cccc(N5CCCC5)c4)s3)cc(F)c2OCc2ccccc2)CC1. The van der Waals surface area contributed by atoms with Gasteiger partial charge in [0.2, 0.25) is 0 Å². The monoisotopic (exact) mass is 583 g/mol. The Kier molecular flexibility index (Phi) is 8.29. The van der Waals surface area contributed by atoms with Crippen LogP contribution in [0.25, 0.3) is 10.4 Å². The number of hydrogen-bond donors (Lipinski definition) is 1. The van der Waals surface area contributed by atoms with Crippen LogP contribution in [-0.4, -0.2) is 24.0 Å². The lowest BCUT2D eigenvalue weighted by Gasteiger charge is -2.35. The van der Waals surface area contributed by atoms with E-state index in [0.29, 0.717) is 5.13 Å². The van der Waals surface area contributed by atoms with E-state index in [-0.39, 0.29) is 35.2 Å². The second-order valence-corrected chi connectivity index (χ2v) is 13.3. The maximum Gasteiger partial charge on any atom is 0.257 e. The summed E-state index contributed by atoms with van der Waals surface area (Å²) in [5, 5.41) is 3.41. The number of halogens is 1. The Morgan fingerprint density at radius 1 is 1.05 bits per heavy atom. The van der Waals surface area contributed by atoms with Crippen LogP contribution < -0.4 is 15.0 Å². The fraction of sp³-hybridized carbons (Fsp3) is 0.371. The molecule has 3 aromatic carbocycles. The van der Waals surface area contributed by atoms with Crippen LogP contribution in [0.5, 0.6) is 5.75 Å². The molecule has 42 heavy (non-hydrogen) atoms. The molecule has 4 aromatic rings. The number of carbonyl (C=O) groups is 1. The fourth-order valence-electron chi connectivity index (χ4n) is 6.11. The van der Waals surface area contributed by atoms with E-state index in [0.717, 1.165) is 60.3 Å². The van der Waals surface area contributed by atoms with Gasteiger partial charge in [-0.2, -0.15) is 0 Å². The van der Waals surface area contributed by atoms with E-state index in [4.69, 9.17) is 4.74 Å². The first-order valence-corrected chi connectivity index (χ1v) is 15.8. The van der Waals surface area contributed by atoms with Gasteiger partial charge in [-0.25, -0.2) is 9.37 Å². The molecule has 218 valence electrons. The van der Waals surface area contributed by atoms with Gasteiger partial charge in [0.1, 0.15) is 6.61 Å². The Bertz CT molecular complexity index is 1540. The Hall–Kier alpha value is -3.71. The van der Waals surface area contributed by atoms with Crippen LogP contribution in [0.15, 0.2) is 72.9 Å². The van der Waals surface area contributed by atoms with Crippen molar-refractivity contribution in [1.82, 2.24) is 4.98 Å². The molecule has 2 aliphatic rings. The van der Waals surface area contributed by atoms with E-state index in [2.05, 4.69) is 53.3 Å². The zero-order valence-corrected chi connectivity index (χ0v) is 25.2. The highest BCUT2D eigenvalue weighted by molar-refractivity contribution is 7.19. The van der Waals surface area contributed by atoms with Crippen molar-refractivity contribution in [3.05, 3.63) is 95.4 Å². The number of nitrogens with zero attached hydrogens (tertiary/aromatic N) is 2. The van der Waals surface area contributed by atoms with Crippen molar-refractivity contribution in [3.63, 3.8) is 0 Å². The van der Waals surface area contributed by atoms with E-state index < -0.39 is 5.82 Å². The molecule has 0 unspecified atom stereocenters. The summed E-state index contributed by atoms with van der Waals surface area (Å²) in [6.07, 6.45) is 8.21. The standard InChI is InChI=1S/C35H38FN3O2S/c1-35(2)15-13-25(14-16-35)29-20-27(21-30(36)32(29)41-23-24-9-4-3-5-10-24)33(40)38-34-37-22-31(42-34)26-11-8-12-28(19-26)39-17-6-7-18-39/h3-5,8-12,19-22,25H,6-7,13-18,23H2,1-2H3,(H,37,38,40). The highest BCUT2D eigenvalue weighted by Crippen LogP contribution is 2.46. The zero-order chi connectivity index (χ0) is 29.1. The van der Waals surface area contributed by atoms with Crippen LogP contribution in [0.4, 0.5) is 15.2 Å². The summed E-state index contributed by atoms with van der Waals surface area (Å²) in [6, 6.07) is 21.4. The summed E-state index contributed by atoms with van der Waals surface area (Å²) in [7, 11) is 0. The first-order valence-electron chi connectivity index (χ1n) is 15.0. The van der Waals surface area contributed by atoms with Gasteiger partial charge in [-0.3, -0.25) is 10.1 Å². The van der Waals surface area contributed by atoms with E-state index >= 15 is 4.39 Å². The molecule has 0 bridgehead atoms. The van der Waals surface area contributed by atoms with Crippen molar-refractivity contribution in [2.75, 3.05) is 23.3 Å². The van der Waals surface area contributed by atoms with Crippen LogP contribution in [0.2, 0.25) is 0 Å². The number of rotatable bonds is 8. The largest absolute Gasteiger partial charge is 0.486 e. The highest BCUT2D eigenvalue weighted by Gasteiger charge is 2.31. The van der Waals surface area contributed by atoms with Gasteiger partial charge < -0.3 is 9.64 Å². The third kappa shape index (κ3) is 6.51. The second kappa shape index (κ2) is 12.3. The van der Waals surface area contributed by atoms with E-state index in [9.17, 15) is 4.79 Å². The number of ether oxygens (including phenoxy) is 1. The third-order valence-corrected chi connectivity index (χ3v) is 9.63. The minimum absolute atomic E-state index is 0.139. The van der Waals surface area contributed by atoms with E-state index in [1.165, 1.54) is 35.9 Å². The highest BCUT2D eigenvalue weighted by atomic mass is 32.1. The molecule has 1 aromatic heterocycles. The maximum absolute atomic E-state index is 15.7. The van der Waals surface area contributed by atoms with Crippen LogP contribution in [0.3, 0.4) is 0 Å². The Balaban J connectivity index is 1.22. The number of aromatic nitrogens is 1. The van der Waals surface area contributed by atoms with Gasteiger partial charge >= 0.3 is 0 Å². The molecule has 2 fully saturated rings. The van der Waals surface area contributed by atoms with E-state index in [1.807, 2.05) is 36.4 Å². The Morgan fingerprint density at radius 3 is 2.57 bits per heavy atom. The fourth-order valence-corrected chi connectivity index (χ4v) is 6.91. The van der Waals surface area contributed by atoms with Crippen molar-refractivity contribution < 1.29 is 13.9 Å². The van der Waals surface area contributed by atoms with Gasteiger partial charge in [-0.05, 0) is 85.3 Å². The van der Waals surface area contributed by atoms with Crippen LogP contribution in [0, 0.1) is 11.2 Å². The molecule has 7 heteroatoms. The van der Waals surface area contributed by atoms with Crippen molar-refractivity contribution in [3.8, 4) is 16.2 Å². The minimum Gasteiger partial charge on any atom is -0.486 e. The molecule has 1 aliphatic heterocycles. The normalized spacial score (nSPS) is 16.9. The molecule has 1 N–H and O–H groups in total. The zero-order valence-electron chi connectivity index (χ0n) is 24.4. The molecule has 1 saturated carbocycles. The van der Waals surface area contributed by atoms with Crippen molar-refractivity contribution >= 4 is 28.1 Å². The molecule has 1 amide bonds. The number of thiazole rings is 1. The van der Waals surface area contributed by atoms with Gasteiger partial charge in [0, 0.05) is 36.1 Å². The molecule has 0 spiro atoms. The molecule has 1 aliphatic carbocycles. The maximum atomic E-state index is 15.7. The minimum atomic E-state index is -0.503. The molecule has 6 rings (SSSR count). The summed E-state index contributed by atoms with van der Waals surface area (Å²) < 4.78 is 21.8. The number of carbonyl (C=O) groups excluding carboxylic acids is 1. The molecule has 1 saturated heterocycles. The molecular weight excluding hydrogens is 545 g/mol. The first-order chi connectivity index (χ1) is 20.3. The summed E-state index contributed by atoms with van der Waals surface area (Å²) in [4.78, 5) is 21.3. The quantitative estimate of drug-likeness (QED) is 0.225. The van der Waals surface area contributed by atoms with Crippen molar-refractivity contribution in [1.29, 1.82) is 0 Å². The molecule has 0 atom stereocenters. The van der Waals surface area contributed by atoms with Gasteiger partial charge in [0.15, 0.2) is 16.7 Å². The van der Waals surface area contributed by atoms with Gasteiger partial charge in [0.25, 0.3) is 5.91 Å².